The Balaban J connectivity index is 1.13. The highest BCUT2D eigenvalue weighted by molar-refractivity contribution is 8.14. The molecule has 3 heterocycles. The van der Waals surface area contributed by atoms with Crippen molar-refractivity contribution in [2.24, 2.45) is 9.98 Å². The van der Waals surface area contributed by atoms with E-state index in [2.05, 4.69) is 27.3 Å². The summed E-state index contributed by atoms with van der Waals surface area (Å²) in [5, 5.41) is 3.69. The van der Waals surface area contributed by atoms with Crippen LogP contribution in [0.15, 0.2) is 88.8 Å². The van der Waals surface area contributed by atoms with Crippen molar-refractivity contribution in [1.29, 1.82) is 0 Å². The van der Waals surface area contributed by atoms with E-state index in [0.717, 1.165) is 36.1 Å². The van der Waals surface area contributed by atoms with Crippen LogP contribution in [0.3, 0.4) is 0 Å². The molecule has 9 nitrogen and oxygen atoms in total. The first-order valence-electron chi connectivity index (χ1n) is 13.3. The fraction of sp³-hybridized carbons (Fsp3) is 0.233. The highest BCUT2D eigenvalue weighted by Crippen LogP contribution is 2.34. The predicted octanol–water partition coefficient (Wildman–Crippen LogP) is 4.41. The Kier molecular flexibility index (Phi) is 7.76. The highest BCUT2D eigenvalue weighted by Gasteiger charge is 2.42. The normalized spacial score (nSPS) is 17.9. The summed E-state index contributed by atoms with van der Waals surface area (Å²) in [6.07, 6.45) is -0.0143. The first-order valence-corrected chi connectivity index (χ1v) is 14.7. The molecule has 0 aromatic heterocycles. The number of rotatable bonds is 6. The maximum atomic E-state index is 13.6. The number of benzene rings is 3. The number of anilines is 2. The van der Waals surface area contributed by atoms with Crippen LogP contribution in [0, 0.1) is 0 Å². The number of carbonyl (C=O) groups excluding carboxylic acids is 3. The summed E-state index contributed by atoms with van der Waals surface area (Å²) in [6.45, 7) is 2.63. The number of hydrogen-bond donors (Lipinski definition) is 1. The van der Waals surface area contributed by atoms with Gasteiger partial charge in [-0.2, -0.15) is 0 Å². The lowest BCUT2D eigenvalue weighted by Gasteiger charge is -2.36. The number of aliphatic imine (C=N–C) groups is 2. The monoisotopic (exact) mass is 586 g/mol. The lowest BCUT2D eigenvalue weighted by molar-refractivity contribution is -0.135. The topological polar surface area (TPSA) is 97.7 Å². The van der Waals surface area contributed by atoms with Crippen LogP contribution < -0.4 is 10.2 Å². The maximum Gasteiger partial charge on any atom is 0.259 e. The molecular weight excluding hydrogens is 560 g/mol. The van der Waals surface area contributed by atoms with E-state index in [1.807, 2.05) is 47.4 Å². The summed E-state index contributed by atoms with van der Waals surface area (Å²) in [7, 11) is 0. The first kappa shape index (κ1) is 27.0. The number of nitrogens with zero attached hydrogens (tertiary/aromatic N) is 5. The number of amides is 3. The highest BCUT2D eigenvalue weighted by atomic mass is 35.5. The molecule has 3 aromatic carbocycles. The summed E-state index contributed by atoms with van der Waals surface area (Å²) in [4.78, 5) is 54.4. The van der Waals surface area contributed by atoms with Gasteiger partial charge in [-0.25, -0.2) is 9.89 Å². The molecule has 1 fully saturated rings. The van der Waals surface area contributed by atoms with Crippen LogP contribution in [0.5, 0.6) is 0 Å². The minimum atomic E-state index is -0.845. The van der Waals surface area contributed by atoms with Gasteiger partial charge in [0.25, 0.3) is 5.91 Å². The fourth-order valence-electron chi connectivity index (χ4n) is 5.07. The average Bonchev–Trinajstić information content (AvgIpc) is 3.32. The molecule has 0 bridgehead atoms. The van der Waals surface area contributed by atoms with Gasteiger partial charge in [-0.3, -0.25) is 19.4 Å². The number of nitrogens with one attached hydrogen (secondary N) is 1. The van der Waals surface area contributed by atoms with E-state index in [1.165, 1.54) is 4.90 Å². The summed E-state index contributed by atoms with van der Waals surface area (Å²) in [5.74, 6) is -0.178. The van der Waals surface area contributed by atoms with Crippen LogP contribution in [-0.2, 0) is 14.4 Å². The van der Waals surface area contributed by atoms with Gasteiger partial charge in [0, 0.05) is 48.1 Å². The van der Waals surface area contributed by atoms with Crippen molar-refractivity contribution in [3.05, 3.63) is 89.4 Å². The Morgan fingerprint density at radius 3 is 2.49 bits per heavy atom. The molecular formula is C30H27ClN6O3S. The zero-order valence-electron chi connectivity index (χ0n) is 22.1. The lowest BCUT2D eigenvalue weighted by atomic mass is 10.1. The van der Waals surface area contributed by atoms with E-state index in [9.17, 15) is 14.4 Å². The Hall–Kier alpha value is -4.15. The van der Waals surface area contributed by atoms with Crippen molar-refractivity contribution >= 4 is 69.1 Å². The van der Waals surface area contributed by atoms with E-state index in [1.54, 1.807) is 24.3 Å². The Morgan fingerprint density at radius 2 is 1.71 bits per heavy atom. The zero-order chi connectivity index (χ0) is 28.3. The van der Waals surface area contributed by atoms with Gasteiger partial charge in [-0.05, 0) is 42.5 Å². The summed E-state index contributed by atoms with van der Waals surface area (Å²) in [5.41, 5.74) is 3.11. The van der Waals surface area contributed by atoms with E-state index < -0.39 is 6.04 Å². The number of halogens is 1. The number of piperazine rings is 1. The Morgan fingerprint density at radius 1 is 0.951 bits per heavy atom. The molecule has 3 aromatic rings. The Labute approximate surface area is 246 Å². The van der Waals surface area contributed by atoms with Crippen LogP contribution >= 0.6 is 23.4 Å². The van der Waals surface area contributed by atoms with Crippen molar-refractivity contribution in [2.75, 3.05) is 42.1 Å². The van der Waals surface area contributed by atoms with Crippen molar-refractivity contribution in [2.45, 2.75) is 12.5 Å². The second-order valence-electron chi connectivity index (χ2n) is 9.81. The van der Waals surface area contributed by atoms with Crippen molar-refractivity contribution < 1.29 is 14.4 Å². The Bertz CT molecular complexity index is 1550. The van der Waals surface area contributed by atoms with Crippen molar-refractivity contribution in [3.63, 3.8) is 0 Å². The van der Waals surface area contributed by atoms with Crippen LogP contribution in [0.25, 0.3) is 0 Å². The van der Waals surface area contributed by atoms with Gasteiger partial charge in [-0.1, -0.05) is 59.8 Å². The molecule has 3 amide bonds. The molecule has 0 spiro atoms. The third-order valence-corrected chi connectivity index (χ3v) is 8.28. The second kappa shape index (κ2) is 11.8. The molecule has 1 saturated heterocycles. The van der Waals surface area contributed by atoms with Gasteiger partial charge >= 0.3 is 0 Å². The molecule has 1 atom stereocenters. The summed E-state index contributed by atoms with van der Waals surface area (Å²) < 4.78 is 0. The zero-order valence-corrected chi connectivity index (χ0v) is 23.6. The van der Waals surface area contributed by atoms with Crippen molar-refractivity contribution in [3.8, 4) is 0 Å². The fourth-order valence-corrected chi connectivity index (χ4v) is 6.06. The molecule has 41 heavy (non-hydrogen) atoms. The van der Waals surface area contributed by atoms with Gasteiger partial charge in [0.2, 0.25) is 11.8 Å². The molecule has 0 unspecified atom stereocenters. The van der Waals surface area contributed by atoms with Gasteiger partial charge < -0.3 is 15.1 Å². The summed E-state index contributed by atoms with van der Waals surface area (Å²) >= 11 is 7.17. The van der Waals surface area contributed by atoms with Gasteiger partial charge in [0.1, 0.15) is 11.9 Å². The number of para-hydroxylation sites is 2. The van der Waals surface area contributed by atoms with Crippen molar-refractivity contribution in [1.82, 2.24) is 9.80 Å². The van der Waals surface area contributed by atoms with E-state index in [4.69, 9.17) is 16.6 Å². The molecule has 0 aliphatic carbocycles. The molecule has 1 N–H and O–H groups in total. The smallest absolute Gasteiger partial charge is 0.259 e. The molecule has 0 saturated carbocycles. The maximum absolute atomic E-state index is 13.6. The number of thioether (sulfide) groups is 1. The lowest BCUT2D eigenvalue weighted by Crippen LogP contribution is -2.49. The van der Waals surface area contributed by atoms with Crippen LogP contribution in [0.4, 0.5) is 17.1 Å². The molecule has 11 heteroatoms. The van der Waals surface area contributed by atoms with Gasteiger partial charge in [-0.15, -0.1) is 0 Å². The largest absolute Gasteiger partial charge is 0.368 e. The number of hydrogen-bond acceptors (Lipinski definition) is 7. The summed E-state index contributed by atoms with van der Waals surface area (Å²) in [6, 6.07) is 23.6. The molecule has 208 valence electrons. The van der Waals surface area contributed by atoms with E-state index >= 15 is 0 Å². The van der Waals surface area contributed by atoms with Crippen LogP contribution in [0.2, 0.25) is 5.02 Å². The predicted molar refractivity (Wildman–Crippen MR) is 163 cm³/mol. The van der Waals surface area contributed by atoms with Gasteiger partial charge in [0.05, 0.1) is 17.9 Å². The quantitative estimate of drug-likeness (QED) is 0.461. The minimum Gasteiger partial charge on any atom is -0.368 e. The molecule has 3 aliphatic heterocycles. The first-order chi connectivity index (χ1) is 20.0. The van der Waals surface area contributed by atoms with Gasteiger partial charge in [0.15, 0.2) is 5.17 Å². The number of carbonyl (C=O) groups is 3. The molecule has 0 radical (unpaired) electrons. The second-order valence-corrected chi connectivity index (χ2v) is 11.2. The standard InChI is InChI=1S/C30H27ClN6O3S/c31-20-7-6-8-21(17-20)32-26(38)19-41-30-34-24-12-5-4-11-23(24)28-33-25(29(40)37(28)30)18-27(39)36-15-13-35(14-16-36)22-9-2-1-3-10-22/h1-12,17,25H,13-16,18-19H2,(H,32,38)/t25-/m1/s1. The molecule has 6 rings (SSSR count). The van der Waals surface area contributed by atoms with E-state index in [-0.39, 0.29) is 29.9 Å². The molecule has 3 aliphatic rings. The van der Waals surface area contributed by atoms with E-state index in [0.29, 0.717) is 40.5 Å². The number of amidine groups is 2. The van der Waals surface area contributed by atoms with Crippen LogP contribution in [-0.4, -0.2) is 76.5 Å². The minimum absolute atomic E-state index is 0.0143. The van der Waals surface area contributed by atoms with Crippen LogP contribution in [0.1, 0.15) is 12.0 Å². The SMILES string of the molecule is O=C(CSC1=Nc2ccccc2C2=N[C@H](CC(=O)N3CCN(c4ccccc4)CC3)C(=O)N12)Nc1cccc(Cl)c1. The third kappa shape index (κ3) is 5.84. The number of fused-ring (bicyclic) bond motifs is 3. The third-order valence-electron chi connectivity index (χ3n) is 7.11. The average molecular weight is 587 g/mol.